The summed E-state index contributed by atoms with van der Waals surface area (Å²) >= 11 is 1.43. The molecule has 1 aromatic carbocycles. The van der Waals surface area contributed by atoms with Crippen molar-refractivity contribution in [2.24, 2.45) is 5.73 Å². The number of carbonyl (C=O) groups excluding carboxylic acids is 3. The average Bonchev–Trinajstić information content (AvgIpc) is 2.69. The van der Waals surface area contributed by atoms with Gasteiger partial charge in [-0.1, -0.05) is 12.1 Å². The predicted octanol–water partition coefficient (Wildman–Crippen LogP) is 0.798. The van der Waals surface area contributed by atoms with Gasteiger partial charge in [0.25, 0.3) is 0 Å². The van der Waals surface area contributed by atoms with Gasteiger partial charge in [0.1, 0.15) is 36.1 Å². The maximum atomic E-state index is 12.7. The van der Waals surface area contributed by atoms with Gasteiger partial charge >= 0.3 is 11.9 Å². The van der Waals surface area contributed by atoms with Crippen molar-refractivity contribution in [3.05, 3.63) is 41.1 Å². The smallest absolute Gasteiger partial charge is 0.355 e. The molecule has 0 radical (unpaired) electrons. The molecule has 1 fully saturated rings. The second kappa shape index (κ2) is 8.01. The summed E-state index contributed by atoms with van der Waals surface area (Å²) in [5.74, 6) is -0.319. The summed E-state index contributed by atoms with van der Waals surface area (Å²) in [6, 6.07) is 6.45. The molecule has 9 heteroatoms. The first-order valence-corrected chi connectivity index (χ1v) is 9.33. The molecule has 0 unspecified atom stereocenters. The highest BCUT2D eigenvalue weighted by Gasteiger charge is 2.52. The van der Waals surface area contributed by atoms with Crippen molar-refractivity contribution in [3.8, 4) is 5.75 Å². The molecule has 2 aliphatic heterocycles. The molecule has 0 saturated carbocycles. The molecule has 1 amide bonds. The zero-order valence-electron chi connectivity index (χ0n) is 15.0. The molecule has 2 N–H and O–H groups in total. The van der Waals surface area contributed by atoms with Crippen LogP contribution in [0.5, 0.6) is 5.75 Å². The van der Waals surface area contributed by atoms with Gasteiger partial charge in [0.05, 0.1) is 7.11 Å². The van der Waals surface area contributed by atoms with Crippen LogP contribution in [0, 0.1) is 0 Å². The Morgan fingerprint density at radius 3 is 2.56 bits per heavy atom. The van der Waals surface area contributed by atoms with Crippen LogP contribution in [-0.2, 0) is 30.5 Å². The van der Waals surface area contributed by atoms with Gasteiger partial charge in [-0.3, -0.25) is 14.5 Å². The van der Waals surface area contributed by atoms with E-state index in [0.717, 1.165) is 5.56 Å². The normalized spacial score (nSPS) is 21.3. The molecule has 0 spiro atoms. The van der Waals surface area contributed by atoms with Crippen LogP contribution in [0.3, 0.4) is 0 Å². The van der Waals surface area contributed by atoms with Crippen molar-refractivity contribution in [1.29, 1.82) is 0 Å². The van der Waals surface area contributed by atoms with Crippen LogP contribution in [0.4, 0.5) is 0 Å². The molecule has 27 heavy (non-hydrogen) atoms. The van der Waals surface area contributed by atoms with E-state index >= 15 is 0 Å². The number of methoxy groups -OCH3 is 1. The number of hydrogen-bond acceptors (Lipinski definition) is 8. The van der Waals surface area contributed by atoms with Crippen molar-refractivity contribution in [2.45, 2.75) is 24.9 Å². The molecule has 0 aliphatic carbocycles. The number of rotatable bonds is 6. The highest BCUT2D eigenvalue weighted by Crippen LogP contribution is 2.39. The summed E-state index contributed by atoms with van der Waals surface area (Å²) in [7, 11) is 1.57. The number of hydrogen-bond donors (Lipinski definition) is 1. The number of amides is 1. The Bertz CT molecular complexity index is 792. The number of ether oxygens (including phenoxy) is 3. The first-order valence-electron chi connectivity index (χ1n) is 8.28. The second-order valence-corrected chi connectivity index (χ2v) is 7.20. The molecule has 2 heterocycles. The van der Waals surface area contributed by atoms with Crippen molar-refractivity contribution in [1.82, 2.24) is 4.90 Å². The van der Waals surface area contributed by atoms with E-state index < -0.39 is 18.0 Å². The Morgan fingerprint density at radius 2 is 1.93 bits per heavy atom. The lowest BCUT2D eigenvalue weighted by atomic mass is 10.0. The van der Waals surface area contributed by atoms with Crippen LogP contribution in [0.15, 0.2) is 35.5 Å². The Hall–Kier alpha value is -2.52. The molecule has 1 saturated heterocycles. The summed E-state index contributed by atoms with van der Waals surface area (Å²) in [6.45, 7) is 1.26. The van der Waals surface area contributed by atoms with Crippen molar-refractivity contribution < 1.29 is 28.6 Å². The van der Waals surface area contributed by atoms with Gasteiger partial charge in [0.2, 0.25) is 5.91 Å². The molecular formula is C18H20N2O6S. The molecule has 0 bridgehead atoms. The summed E-state index contributed by atoms with van der Waals surface area (Å²) in [4.78, 5) is 37.3. The first kappa shape index (κ1) is 19.2. The number of fused-ring (bicyclic) bond motifs is 1. The molecule has 144 valence electrons. The van der Waals surface area contributed by atoms with Crippen LogP contribution >= 0.6 is 11.8 Å². The summed E-state index contributed by atoms with van der Waals surface area (Å²) in [6.07, 6.45) is 0. The zero-order valence-corrected chi connectivity index (χ0v) is 15.8. The van der Waals surface area contributed by atoms with E-state index in [2.05, 4.69) is 0 Å². The zero-order chi connectivity index (χ0) is 19.6. The standard InChI is InChI=1S/C18H20N2O6S/c1-10(21)25-8-12-9-27-17-14(19)16(22)20(17)15(12)18(23)26-7-11-3-5-13(24-2)6-4-11/h3-6,14,17H,7-9,19H2,1-2H3/t14-,17+/m1/s1. The molecule has 0 aromatic heterocycles. The second-order valence-electron chi connectivity index (χ2n) is 6.09. The monoisotopic (exact) mass is 392 g/mol. The van der Waals surface area contributed by atoms with Gasteiger partial charge in [0.15, 0.2) is 0 Å². The Morgan fingerprint density at radius 1 is 1.22 bits per heavy atom. The Balaban J connectivity index is 1.75. The number of nitrogens with two attached hydrogens (primary N) is 1. The van der Waals surface area contributed by atoms with Crippen LogP contribution in [-0.4, -0.2) is 53.6 Å². The SMILES string of the molecule is COc1ccc(COC(=O)C2=C(COC(C)=O)CS[C@H]3[C@H](N)C(=O)N23)cc1. The number of carbonyl (C=O) groups is 3. The van der Waals surface area contributed by atoms with E-state index in [-0.39, 0.29) is 30.2 Å². The first-order chi connectivity index (χ1) is 12.9. The molecule has 2 atom stereocenters. The molecule has 1 aromatic rings. The number of nitrogens with zero attached hydrogens (tertiary/aromatic N) is 1. The maximum absolute atomic E-state index is 12.7. The van der Waals surface area contributed by atoms with E-state index in [1.807, 2.05) is 0 Å². The van der Waals surface area contributed by atoms with Gasteiger partial charge in [-0.25, -0.2) is 4.79 Å². The predicted molar refractivity (Wildman–Crippen MR) is 97.5 cm³/mol. The number of β-lactam (4-membered cyclic amide) rings is 1. The average molecular weight is 392 g/mol. The lowest BCUT2D eigenvalue weighted by molar-refractivity contribution is -0.151. The van der Waals surface area contributed by atoms with Crippen LogP contribution in [0.25, 0.3) is 0 Å². The van der Waals surface area contributed by atoms with Crippen LogP contribution in [0.1, 0.15) is 12.5 Å². The van der Waals surface area contributed by atoms with Gasteiger partial charge in [-0.2, -0.15) is 0 Å². The van der Waals surface area contributed by atoms with Crippen molar-refractivity contribution >= 4 is 29.6 Å². The van der Waals surface area contributed by atoms with Crippen molar-refractivity contribution in [2.75, 3.05) is 19.5 Å². The largest absolute Gasteiger partial charge is 0.497 e. The summed E-state index contributed by atoms with van der Waals surface area (Å²) < 4.78 is 15.5. The fraction of sp³-hybridized carbons (Fsp3) is 0.389. The molecule has 2 aliphatic rings. The third-order valence-corrected chi connectivity index (χ3v) is 5.62. The van der Waals surface area contributed by atoms with Gasteiger partial charge in [-0.15, -0.1) is 11.8 Å². The summed E-state index contributed by atoms with van der Waals surface area (Å²) in [5, 5.41) is -0.304. The Labute approximate surface area is 160 Å². The third kappa shape index (κ3) is 3.93. The number of esters is 2. The van der Waals surface area contributed by atoms with Crippen LogP contribution < -0.4 is 10.5 Å². The van der Waals surface area contributed by atoms with Gasteiger partial charge in [-0.05, 0) is 17.7 Å². The fourth-order valence-electron chi connectivity index (χ4n) is 2.81. The number of thioether (sulfide) groups is 1. The minimum absolute atomic E-state index is 0.0407. The van der Waals surface area contributed by atoms with E-state index in [9.17, 15) is 14.4 Å². The quantitative estimate of drug-likeness (QED) is 0.559. The van der Waals surface area contributed by atoms with E-state index in [1.54, 1.807) is 31.4 Å². The third-order valence-electron chi connectivity index (χ3n) is 4.26. The molecular weight excluding hydrogens is 372 g/mol. The molecule has 8 nitrogen and oxygen atoms in total. The summed E-state index contributed by atoms with van der Waals surface area (Å²) in [5.41, 5.74) is 7.25. The highest BCUT2D eigenvalue weighted by molar-refractivity contribution is 8.00. The maximum Gasteiger partial charge on any atom is 0.355 e. The van der Waals surface area contributed by atoms with E-state index in [1.165, 1.54) is 23.6 Å². The minimum atomic E-state index is -0.644. The minimum Gasteiger partial charge on any atom is -0.497 e. The lowest BCUT2D eigenvalue weighted by Gasteiger charge is -2.48. The van der Waals surface area contributed by atoms with Crippen molar-refractivity contribution in [3.63, 3.8) is 0 Å². The van der Waals surface area contributed by atoms with Gasteiger partial charge in [0, 0.05) is 18.2 Å². The topological polar surface area (TPSA) is 108 Å². The Kier molecular flexibility index (Phi) is 5.71. The lowest BCUT2D eigenvalue weighted by Crippen LogP contribution is -2.68. The van der Waals surface area contributed by atoms with E-state index in [4.69, 9.17) is 19.9 Å². The van der Waals surface area contributed by atoms with Crippen LogP contribution in [0.2, 0.25) is 0 Å². The fourth-order valence-corrected chi connectivity index (χ4v) is 4.08. The highest BCUT2D eigenvalue weighted by atomic mass is 32.2. The van der Waals surface area contributed by atoms with E-state index in [0.29, 0.717) is 17.1 Å². The number of benzene rings is 1. The molecule has 3 rings (SSSR count). The van der Waals surface area contributed by atoms with Gasteiger partial charge < -0.3 is 19.9 Å².